The summed E-state index contributed by atoms with van der Waals surface area (Å²) in [6, 6.07) is 0. The van der Waals surface area contributed by atoms with Crippen molar-refractivity contribution in [2.45, 2.75) is 0 Å². The van der Waals surface area contributed by atoms with Gasteiger partial charge in [0.2, 0.25) is 0 Å². The molecule has 0 aliphatic heterocycles. The molecular weight excluding hydrogens is 737 g/mol. The van der Waals surface area contributed by atoms with Gasteiger partial charge in [0.1, 0.15) is 0 Å². The van der Waals surface area contributed by atoms with Crippen LogP contribution in [0.1, 0.15) is 0 Å². The van der Waals surface area contributed by atoms with E-state index in [0.717, 1.165) is 59.6 Å². The van der Waals surface area contributed by atoms with Crippen molar-refractivity contribution in [2.24, 2.45) is 0 Å². The van der Waals surface area contributed by atoms with Crippen LogP contribution in [0.15, 0.2) is 0 Å². The van der Waals surface area contributed by atoms with E-state index >= 15 is 0 Å². The Morgan fingerprint density at radius 3 is 0.441 bits per heavy atom. The van der Waals surface area contributed by atoms with Gasteiger partial charge < -0.3 is 0 Å². The first-order valence-corrected chi connectivity index (χ1v) is 11.4. The fraction of sp³-hybridized carbons (Fsp3) is 0. The summed E-state index contributed by atoms with van der Waals surface area (Å²) in [5.74, 6) is 0. The number of hydrogen-bond donors (Lipinski definition) is 0. The Balaban J connectivity index is -0.0000000343. The van der Waals surface area contributed by atoms with Crippen LogP contribution in [0.5, 0.6) is 0 Å². The first-order chi connectivity index (χ1) is 11.9. The molecule has 0 rings (SSSR count). The monoisotopic (exact) mass is 737 g/mol. The second kappa shape index (κ2) is 26.2. The predicted molar refractivity (Wildman–Crippen MR) is 74.5 cm³/mol. The van der Waals surface area contributed by atoms with Gasteiger partial charge in [0.15, 0.2) is 0 Å². The molecule has 0 saturated heterocycles. The van der Waals surface area contributed by atoms with Crippen LogP contribution in [0, 0.1) is 123 Å². The Kier molecular flexibility index (Phi) is 53.2. The zero-order valence-corrected chi connectivity index (χ0v) is 43.1. The Bertz CT molecular complexity index is 903. The van der Waals surface area contributed by atoms with Crippen LogP contribution in [0.3, 0.4) is 0 Å². The number of hydrogen-bond acceptors (Lipinski definition) is 12. The van der Waals surface area contributed by atoms with Crippen molar-refractivity contribution >= 4 is 51.4 Å². The van der Waals surface area contributed by atoms with Gasteiger partial charge in [0.25, 0.3) is 0 Å². The van der Waals surface area contributed by atoms with Crippen LogP contribution in [0.25, 0.3) is 0 Å². The van der Waals surface area contributed by atoms with E-state index in [9.17, 15) is 0 Å². The third-order valence-electron chi connectivity index (χ3n) is 2.37. The normalized spacial score (nSPS) is 10.2. The van der Waals surface area contributed by atoms with Crippen molar-refractivity contribution in [2.75, 3.05) is 0 Å². The topological polar surface area (TPSA) is 285 Å². The van der Waals surface area contributed by atoms with Crippen molar-refractivity contribution in [3.63, 3.8) is 0 Å². The molecular formula is C12HFe2K8N12. The average Bonchev–Trinajstić information content (AvgIpc) is 2.77. The fourth-order valence-corrected chi connectivity index (χ4v) is 2.19. The summed E-state index contributed by atoms with van der Waals surface area (Å²) in [4.78, 5) is 12.4. The van der Waals surface area contributed by atoms with E-state index in [4.69, 9.17) is 63.1 Å². The maximum absolute atomic E-state index is 8.58. The van der Waals surface area contributed by atoms with E-state index in [-0.39, 0.29) is 411 Å². The molecule has 0 saturated carbocycles. The first-order valence-electron chi connectivity index (χ1n) is 4.80. The minimum absolute atomic E-state index is 0. The Morgan fingerprint density at radius 2 is 0.441 bits per heavy atom. The van der Waals surface area contributed by atoms with Gasteiger partial charge in [-0.15, -0.1) is 0 Å². The number of nitrogens with zero attached hydrogens (tertiary/aromatic N) is 12. The Hall–Kier alpha value is 8.01. The summed E-state index contributed by atoms with van der Waals surface area (Å²) in [5, 5.41) is 103. The van der Waals surface area contributed by atoms with Crippen LogP contribution in [0.4, 0.5) is 0 Å². The molecule has 0 N–H and O–H groups in total. The molecule has 0 aromatic rings. The summed E-state index contributed by atoms with van der Waals surface area (Å²) < 4.78 is 0. The van der Waals surface area contributed by atoms with E-state index in [0.29, 0.717) is 0 Å². The molecule has 22 heteroatoms. The van der Waals surface area contributed by atoms with Gasteiger partial charge in [0, 0.05) is 0 Å². The molecule has 0 aliphatic carbocycles. The molecule has 0 aromatic heterocycles. The maximum atomic E-state index is 8.58. The Labute approximate surface area is 535 Å². The van der Waals surface area contributed by atoms with Crippen LogP contribution >= 0.6 is 0 Å². The average molecular weight is 738 g/mol. The fourth-order valence-electron chi connectivity index (χ4n) is 0.530. The van der Waals surface area contributed by atoms with Crippen LogP contribution in [-0.4, -0.2) is 51.4 Å². The minimum atomic E-state index is -6.17. The van der Waals surface area contributed by atoms with Crippen molar-refractivity contribution in [3.8, 4) is 59.6 Å². The first kappa shape index (κ1) is 69.0. The van der Waals surface area contributed by atoms with Crippen LogP contribution in [0.2, 0.25) is 0 Å². The van der Waals surface area contributed by atoms with Gasteiger partial charge in [-0.1, -0.05) is 0 Å². The molecule has 0 bridgehead atoms. The van der Waals surface area contributed by atoms with Gasteiger partial charge >= 0.3 is 555 Å². The number of nitriles is 12. The summed E-state index contributed by atoms with van der Waals surface area (Å²) in [5.41, 5.74) is 0. The molecule has 0 fully saturated rings. The quantitative estimate of drug-likeness (QED) is 0.210. The van der Waals surface area contributed by atoms with Crippen LogP contribution in [-0.2, 0) is 21.5 Å². The SMILES string of the molecule is N#[C][Fe-3]([C]#N)([C]#N)([C]#N)([C]#N)[C]#N.N#[C][Fe-4]([C]#N)([C]#N)([C]#N)([C]#N)[C]#N.[K+].[K+].[K+].[K+].[K+].[K+].[K+].[KH]. The molecule has 0 spiro atoms. The molecule has 0 aromatic carbocycles. The molecule has 0 atom stereocenters. The molecule has 12 nitrogen and oxygen atoms in total. The second-order valence-electron chi connectivity index (χ2n) is 3.60. The van der Waals surface area contributed by atoms with E-state index in [2.05, 4.69) is 0 Å². The van der Waals surface area contributed by atoms with Crippen molar-refractivity contribution in [3.05, 3.63) is 0 Å². The second-order valence-corrected chi connectivity index (χ2v) is 14.8. The summed E-state index contributed by atoms with van der Waals surface area (Å²) in [6.45, 7) is 0. The zero-order valence-electron chi connectivity index (χ0n) is 19.1. The van der Waals surface area contributed by atoms with E-state index in [1.165, 1.54) is 0 Å². The van der Waals surface area contributed by atoms with Gasteiger partial charge in [-0.3, -0.25) is 0 Å². The molecule has 0 heterocycles. The van der Waals surface area contributed by atoms with Gasteiger partial charge in [0.05, 0.1) is 0 Å². The number of rotatable bonds is 0. The van der Waals surface area contributed by atoms with Gasteiger partial charge in [-0.2, -0.15) is 0 Å². The molecule has 133 valence electrons. The van der Waals surface area contributed by atoms with E-state index in [1.54, 1.807) is 0 Å². The van der Waals surface area contributed by atoms with E-state index in [1.807, 2.05) is 0 Å². The molecule has 0 amide bonds. The standard InChI is InChI=1S/12CN.2Fe.8K.H/c12*1-2;;;;;;;;;;;/q;;;;;;;;;;;;-4;-3;;7*+1;. The molecule has 0 aliphatic rings. The summed E-state index contributed by atoms with van der Waals surface area (Å²) >= 11 is 0. The van der Waals surface area contributed by atoms with E-state index < -0.39 is 21.5 Å². The van der Waals surface area contributed by atoms with Crippen molar-refractivity contribution in [1.82, 2.24) is 0 Å². The van der Waals surface area contributed by atoms with Crippen molar-refractivity contribution < 1.29 is 381 Å². The van der Waals surface area contributed by atoms with Gasteiger partial charge in [-0.05, 0) is 0 Å². The van der Waals surface area contributed by atoms with Gasteiger partial charge in [-0.25, -0.2) is 0 Å². The summed E-state index contributed by atoms with van der Waals surface area (Å²) in [6.07, 6.45) is 0. The van der Waals surface area contributed by atoms with Crippen molar-refractivity contribution in [1.29, 1.82) is 63.1 Å². The Morgan fingerprint density at radius 1 is 0.324 bits per heavy atom. The summed E-state index contributed by atoms with van der Waals surface area (Å²) in [7, 11) is -12.3. The predicted octanol–water partition coefficient (Wildman–Crippen LogP) is -21.4. The third kappa shape index (κ3) is 13.2. The van der Waals surface area contributed by atoms with Crippen LogP contribution < -0.4 is 360 Å². The zero-order chi connectivity index (χ0) is 21.3. The third-order valence-corrected chi connectivity index (χ3v) is 9.78. The molecule has 0 unspecified atom stereocenters. The molecule has 0 radical (unpaired) electrons. The molecule has 34 heavy (non-hydrogen) atoms.